The van der Waals surface area contributed by atoms with Crippen molar-refractivity contribution >= 4 is 34.9 Å². The van der Waals surface area contributed by atoms with E-state index in [0.29, 0.717) is 37.3 Å². The van der Waals surface area contributed by atoms with Gasteiger partial charge in [0.25, 0.3) is 5.91 Å². The highest BCUT2D eigenvalue weighted by Crippen LogP contribution is 2.38. The third kappa shape index (κ3) is 4.96. The van der Waals surface area contributed by atoms with E-state index in [-0.39, 0.29) is 11.9 Å². The molecular formula is C23H29ClN4O4. The molecule has 2 fully saturated rings. The van der Waals surface area contributed by atoms with Gasteiger partial charge in [-0.1, -0.05) is 42.2 Å². The third-order valence-electron chi connectivity index (χ3n) is 6.28. The molecule has 3 aliphatic rings. The number of hydrogen-bond acceptors (Lipinski definition) is 6. The minimum atomic E-state index is -0.820. The van der Waals surface area contributed by atoms with Crippen molar-refractivity contribution in [3.63, 3.8) is 0 Å². The fraction of sp³-hybridized carbons (Fsp3) is 0.565. The molecule has 1 aliphatic carbocycles. The Labute approximate surface area is 192 Å². The summed E-state index contributed by atoms with van der Waals surface area (Å²) in [5, 5.41) is 10.4. The van der Waals surface area contributed by atoms with Gasteiger partial charge in [0, 0.05) is 36.0 Å². The average molecular weight is 461 g/mol. The Morgan fingerprint density at radius 2 is 2.12 bits per heavy atom. The maximum atomic E-state index is 13.1. The number of nitrogens with zero attached hydrogens (tertiary/aromatic N) is 2. The maximum Gasteiger partial charge on any atom is 0.289 e. The molecule has 0 radical (unpaired) electrons. The van der Waals surface area contributed by atoms with Crippen LogP contribution in [0, 0.1) is 0 Å². The van der Waals surface area contributed by atoms with Gasteiger partial charge < -0.3 is 15.5 Å². The van der Waals surface area contributed by atoms with Crippen LogP contribution < -0.4 is 10.6 Å². The number of oxime groups is 1. The molecule has 3 unspecified atom stereocenters. The predicted molar refractivity (Wildman–Crippen MR) is 120 cm³/mol. The van der Waals surface area contributed by atoms with Gasteiger partial charge in [-0.05, 0) is 38.4 Å². The first-order valence-electron chi connectivity index (χ1n) is 11.2. The number of carbonyl (C=O) groups excluding carboxylic acids is 3. The molecule has 32 heavy (non-hydrogen) atoms. The van der Waals surface area contributed by atoms with Gasteiger partial charge in [0.05, 0.1) is 17.8 Å². The summed E-state index contributed by atoms with van der Waals surface area (Å²) < 4.78 is 0. The molecule has 1 saturated heterocycles. The monoisotopic (exact) mass is 460 g/mol. The van der Waals surface area contributed by atoms with Gasteiger partial charge in [-0.15, -0.1) is 0 Å². The van der Waals surface area contributed by atoms with E-state index in [0.717, 1.165) is 24.1 Å². The predicted octanol–water partition coefficient (Wildman–Crippen LogP) is 2.04. The molecule has 0 aromatic heterocycles. The first-order chi connectivity index (χ1) is 15.3. The smallest absolute Gasteiger partial charge is 0.289 e. The Bertz CT molecular complexity index is 948. The van der Waals surface area contributed by atoms with Gasteiger partial charge in [-0.2, -0.15) is 0 Å². The topological polar surface area (TPSA) is 100 Å². The molecule has 8 nitrogen and oxygen atoms in total. The second-order valence-corrected chi connectivity index (χ2v) is 9.53. The molecule has 1 spiro atoms. The highest BCUT2D eigenvalue weighted by Gasteiger charge is 2.51. The average Bonchev–Trinajstić information content (AvgIpc) is 3.38. The van der Waals surface area contributed by atoms with Crippen LogP contribution in [0.5, 0.6) is 0 Å². The zero-order chi connectivity index (χ0) is 22.9. The molecule has 1 aromatic carbocycles. The van der Waals surface area contributed by atoms with E-state index < -0.39 is 29.4 Å². The number of carbonyl (C=O) groups is 3. The fourth-order valence-corrected chi connectivity index (χ4v) is 4.63. The second kappa shape index (κ2) is 9.19. The molecule has 2 heterocycles. The van der Waals surface area contributed by atoms with Crippen molar-refractivity contribution in [2.45, 2.75) is 69.2 Å². The van der Waals surface area contributed by atoms with Gasteiger partial charge in [-0.25, -0.2) is 0 Å². The Kier molecular flexibility index (Phi) is 6.53. The van der Waals surface area contributed by atoms with Crippen LogP contribution in [0.25, 0.3) is 0 Å². The molecule has 2 N–H and O–H groups in total. The number of nitrogens with one attached hydrogen (secondary N) is 2. The van der Waals surface area contributed by atoms with Gasteiger partial charge in [0.1, 0.15) is 0 Å². The largest absolute Gasteiger partial charge is 0.387 e. The van der Waals surface area contributed by atoms with Gasteiger partial charge >= 0.3 is 0 Å². The minimum Gasteiger partial charge on any atom is -0.387 e. The first kappa shape index (κ1) is 22.7. The maximum absolute atomic E-state index is 13.1. The quantitative estimate of drug-likeness (QED) is 0.578. The van der Waals surface area contributed by atoms with E-state index in [1.54, 1.807) is 6.07 Å². The van der Waals surface area contributed by atoms with Crippen molar-refractivity contribution < 1.29 is 19.2 Å². The van der Waals surface area contributed by atoms with Crippen molar-refractivity contribution in [1.29, 1.82) is 0 Å². The molecule has 9 heteroatoms. The molecular weight excluding hydrogens is 432 g/mol. The first-order valence-corrected chi connectivity index (χ1v) is 11.5. The van der Waals surface area contributed by atoms with E-state index >= 15 is 0 Å². The summed E-state index contributed by atoms with van der Waals surface area (Å²) in [6.07, 6.45) is 3.92. The summed E-state index contributed by atoms with van der Waals surface area (Å²) in [6.45, 7) is 2.45. The lowest BCUT2D eigenvalue weighted by molar-refractivity contribution is -0.140. The highest BCUT2D eigenvalue weighted by atomic mass is 35.5. The Balaban J connectivity index is 1.38. The number of likely N-dealkylation sites (N-methyl/N-ethyl adjacent to an activating group) is 1. The van der Waals surface area contributed by atoms with Crippen LogP contribution in [0.3, 0.4) is 0 Å². The summed E-state index contributed by atoms with van der Waals surface area (Å²) >= 11 is 6.10. The third-order valence-corrected chi connectivity index (χ3v) is 6.52. The summed E-state index contributed by atoms with van der Waals surface area (Å²) in [4.78, 5) is 45.7. The summed E-state index contributed by atoms with van der Waals surface area (Å²) in [5.41, 5.74) is 1.11. The number of amides is 2. The van der Waals surface area contributed by atoms with Crippen LogP contribution in [0.15, 0.2) is 29.4 Å². The van der Waals surface area contributed by atoms with Crippen molar-refractivity contribution in [3.05, 3.63) is 34.9 Å². The molecule has 3 atom stereocenters. The fourth-order valence-electron chi connectivity index (χ4n) is 4.44. The molecule has 0 bridgehead atoms. The second-order valence-electron chi connectivity index (χ2n) is 9.10. The Morgan fingerprint density at radius 3 is 2.81 bits per heavy atom. The van der Waals surface area contributed by atoms with Crippen molar-refractivity contribution in [2.24, 2.45) is 5.16 Å². The molecule has 172 valence electrons. The summed E-state index contributed by atoms with van der Waals surface area (Å²) in [7, 11) is 1.86. The lowest BCUT2D eigenvalue weighted by Crippen LogP contribution is -2.52. The zero-order valence-electron chi connectivity index (χ0n) is 18.4. The van der Waals surface area contributed by atoms with Crippen molar-refractivity contribution in [2.75, 3.05) is 13.6 Å². The normalized spacial score (nSPS) is 25.8. The number of hydrogen-bond donors (Lipinski definition) is 2. The highest BCUT2D eigenvalue weighted by molar-refractivity contribution is 6.38. The summed E-state index contributed by atoms with van der Waals surface area (Å²) in [5.74, 6) is -1.46. The lowest BCUT2D eigenvalue weighted by Gasteiger charge is -2.22. The number of likely N-dealkylation sites (tertiary alicyclic amines) is 1. The molecule has 2 aliphatic heterocycles. The number of benzene rings is 1. The van der Waals surface area contributed by atoms with E-state index in [4.69, 9.17) is 16.4 Å². The van der Waals surface area contributed by atoms with E-state index in [1.807, 2.05) is 37.1 Å². The minimum absolute atomic E-state index is 0.0958. The van der Waals surface area contributed by atoms with Crippen LogP contribution in [0.1, 0.15) is 51.0 Å². The van der Waals surface area contributed by atoms with Crippen LogP contribution in [-0.4, -0.2) is 65.5 Å². The van der Waals surface area contributed by atoms with E-state index in [1.165, 1.54) is 0 Å². The summed E-state index contributed by atoms with van der Waals surface area (Å²) in [6, 6.07) is 6.26. The number of Topliss-reactive ketones (excluding diaryl/α,β-unsaturated/α-hetero) is 1. The van der Waals surface area contributed by atoms with Crippen LogP contribution >= 0.6 is 11.6 Å². The van der Waals surface area contributed by atoms with Crippen LogP contribution in [0.4, 0.5) is 0 Å². The lowest BCUT2D eigenvalue weighted by atomic mass is 9.91. The molecule has 1 saturated carbocycles. The molecule has 4 rings (SSSR count). The zero-order valence-corrected chi connectivity index (χ0v) is 19.2. The number of ketones is 1. The SMILES string of the molecule is CCCC(NC(=O)C1CC2(CC(c3cccc(Cl)c3)=NO2)CN1C)C(=O)C(=O)NC1CC1. The van der Waals surface area contributed by atoms with Gasteiger partial charge in [0.15, 0.2) is 5.60 Å². The number of halogens is 1. The standard InChI is InChI=1S/C23H29ClN4O4/c1-3-5-17(20(29)22(31)25-16-8-9-16)26-21(30)19-12-23(13-28(19)2)11-18(27-32-23)14-6-4-7-15(24)10-14/h4,6-7,10,16-17,19H,3,5,8-9,11-13H2,1-2H3,(H,25,31)(H,26,30). The van der Waals surface area contributed by atoms with E-state index in [9.17, 15) is 14.4 Å². The van der Waals surface area contributed by atoms with Crippen LogP contribution in [0.2, 0.25) is 5.02 Å². The number of rotatable bonds is 8. The molecule has 2 amide bonds. The Morgan fingerprint density at radius 1 is 1.34 bits per heavy atom. The van der Waals surface area contributed by atoms with Gasteiger partial charge in [-0.3, -0.25) is 19.3 Å². The van der Waals surface area contributed by atoms with Crippen molar-refractivity contribution in [1.82, 2.24) is 15.5 Å². The van der Waals surface area contributed by atoms with Crippen molar-refractivity contribution in [3.8, 4) is 0 Å². The Hall–Kier alpha value is -2.45. The molecule has 1 aromatic rings. The van der Waals surface area contributed by atoms with Crippen LogP contribution in [-0.2, 0) is 19.2 Å². The van der Waals surface area contributed by atoms with Gasteiger partial charge in [0.2, 0.25) is 11.7 Å². The van der Waals surface area contributed by atoms with E-state index in [2.05, 4.69) is 15.8 Å².